The second-order valence-corrected chi connectivity index (χ2v) is 1.01. The molecule has 0 rings (SSSR count). The van der Waals surface area contributed by atoms with Gasteiger partial charge in [-0.15, -0.1) is 0 Å². The van der Waals surface area contributed by atoms with E-state index in [1.54, 1.807) is 0 Å². The summed E-state index contributed by atoms with van der Waals surface area (Å²) in [6.45, 7) is 0. The topological polar surface area (TPSA) is 74.6 Å². The van der Waals surface area contributed by atoms with Crippen LogP contribution in [0.25, 0.3) is 0 Å². The Morgan fingerprint density at radius 2 is 1.22 bits per heavy atom. The Morgan fingerprint density at radius 3 is 1.33 bits per heavy atom. The molecule has 0 aromatic rings. The van der Waals surface area contributed by atoms with E-state index >= 15 is 0 Å². The van der Waals surface area contributed by atoms with E-state index < -0.39 is 11.9 Å². The number of carboxylic acid groups (broad SMARTS) is 2. The molecule has 45 valence electrons. The van der Waals surface area contributed by atoms with Crippen molar-refractivity contribution in [2.75, 3.05) is 0 Å². The Bertz CT molecular complexity index is 124. The van der Waals surface area contributed by atoms with Crippen LogP contribution in [-0.2, 0) is 9.59 Å². The van der Waals surface area contributed by atoms with Gasteiger partial charge in [-0.25, -0.2) is 9.59 Å². The molecule has 0 spiro atoms. The van der Waals surface area contributed by atoms with Crippen molar-refractivity contribution in [3.05, 3.63) is 12.2 Å². The molecule has 0 aliphatic carbocycles. The fraction of sp³-hybridized carbons (Fsp3) is 0. The monoisotopic (exact) mass is 123 g/mol. The maximum Gasteiger partial charge on any atom is 0.328 e. The predicted octanol–water partition coefficient (Wildman–Crippen LogP) is -0.669. The summed E-state index contributed by atoms with van der Waals surface area (Å²) >= 11 is 0. The second kappa shape index (κ2) is 5.41. The molecule has 0 heterocycles. The number of aliphatic carboxylic acids is 2. The Balaban J connectivity index is 0. The second-order valence-electron chi connectivity index (χ2n) is 1.01. The number of hydrogen-bond acceptors (Lipinski definition) is 2. The fourth-order valence-electron chi connectivity index (χ4n) is 0.143. The zero-order valence-corrected chi connectivity index (χ0v) is 4.87. The molecule has 0 aromatic heterocycles. The summed E-state index contributed by atoms with van der Waals surface area (Å²) in [5, 5.41) is 15.6. The number of carbonyl (C=O) groups is 2. The van der Waals surface area contributed by atoms with Crippen LogP contribution in [-0.4, -0.2) is 41.0 Å². The molecule has 0 unspecified atom stereocenters. The summed E-state index contributed by atoms with van der Waals surface area (Å²) in [7, 11) is 0. The molecule has 0 saturated heterocycles. The van der Waals surface area contributed by atoms with Gasteiger partial charge in [0.25, 0.3) is 0 Å². The Hall–Kier alpha value is -0.723. The molecular formula is C4H4LiO4. The third kappa shape index (κ3) is 11.1. The average Bonchev–Trinajstić information content (AvgIpc) is 1.61. The number of rotatable bonds is 2. The molecule has 0 aromatic carbocycles. The van der Waals surface area contributed by atoms with Crippen LogP contribution in [0.1, 0.15) is 0 Å². The van der Waals surface area contributed by atoms with Gasteiger partial charge in [-0.05, 0) is 0 Å². The maximum absolute atomic E-state index is 9.55. The van der Waals surface area contributed by atoms with Crippen molar-refractivity contribution < 1.29 is 19.8 Å². The summed E-state index contributed by atoms with van der Waals surface area (Å²) in [6.07, 6.45) is 1.12. The van der Waals surface area contributed by atoms with Crippen molar-refractivity contribution in [1.82, 2.24) is 0 Å². The quantitative estimate of drug-likeness (QED) is 0.377. The molecule has 5 heteroatoms. The van der Waals surface area contributed by atoms with Crippen LogP contribution >= 0.6 is 0 Å². The first-order valence-electron chi connectivity index (χ1n) is 1.77. The van der Waals surface area contributed by atoms with Gasteiger partial charge in [0, 0.05) is 31.0 Å². The molecule has 9 heavy (non-hydrogen) atoms. The van der Waals surface area contributed by atoms with Crippen molar-refractivity contribution in [1.29, 1.82) is 0 Å². The Morgan fingerprint density at radius 1 is 1.00 bits per heavy atom. The molecule has 0 aliphatic rings. The van der Waals surface area contributed by atoms with E-state index in [0.29, 0.717) is 12.2 Å². The van der Waals surface area contributed by atoms with Gasteiger partial charge < -0.3 is 10.2 Å². The summed E-state index contributed by atoms with van der Waals surface area (Å²) in [6, 6.07) is 0. The van der Waals surface area contributed by atoms with Crippen molar-refractivity contribution in [2.24, 2.45) is 0 Å². The maximum atomic E-state index is 9.55. The zero-order valence-electron chi connectivity index (χ0n) is 4.87. The normalized spacial score (nSPS) is 8.44. The minimum absolute atomic E-state index is 0. The van der Waals surface area contributed by atoms with E-state index in [0.717, 1.165) is 0 Å². The number of hydrogen-bond donors (Lipinski definition) is 2. The molecule has 4 nitrogen and oxygen atoms in total. The summed E-state index contributed by atoms with van der Waals surface area (Å²) in [5.74, 6) is -2.51. The van der Waals surface area contributed by atoms with Crippen LogP contribution in [0.4, 0.5) is 0 Å². The Labute approximate surface area is 63.4 Å². The summed E-state index contributed by atoms with van der Waals surface area (Å²) in [5.41, 5.74) is 0. The van der Waals surface area contributed by atoms with Crippen LogP contribution in [0.2, 0.25) is 0 Å². The molecule has 0 atom stereocenters. The van der Waals surface area contributed by atoms with Gasteiger partial charge in [0.1, 0.15) is 0 Å². The van der Waals surface area contributed by atoms with E-state index in [9.17, 15) is 9.59 Å². The molecule has 0 amide bonds. The first-order valence-corrected chi connectivity index (χ1v) is 1.77. The molecule has 0 bridgehead atoms. The third-order valence-corrected chi connectivity index (χ3v) is 0.368. The van der Waals surface area contributed by atoms with Crippen molar-refractivity contribution in [2.45, 2.75) is 0 Å². The standard InChI is InChI=1S/C4H4O4.Li/c5-3(6)1-2-4(7)8;/h1-2H,(H,5,6)(H,7,8);/b2-1+;. The minimum atomic E-state index is -1.26. The average molecular weight is 123 g/mol. The van der Waals surface area contributed by atoms with Gasteiger partial charge >= 0.3 is 11.9 Å². The van der Waals surface area contributed by atoms with Crippen LogP contribution < -0.4 is 0 Å². The van der Waals surface area contributed by atoms with Gasteiger partial charge in [-0.3, -0.25) is 0 Å². The first-order chi connectivity index (χ1) is 3.63. The molecule has 1 radical (unpaired) electrons. The van der Waals surface area contributed by atoms with Gasteiger partial charge in [-0.1, -0.05) is 0 Å². The first kappa shape index (κ1) is 11.1. The van der Waals surface area contributed by atoms with E-state index in [-0.39, 0.29) is 18.9 Å². The Kier molecular flexibility index (Phi) is 6.69. The van der Waals surface area contributed by atoms with Gasteiger partial charge in [-0.2, -0.15) is 0 Å². The molecular weight excluding hydrogens is 119 g/mol. The van der Waals surface area contributed by atoms with E-state index in [2.05, 4.69) is 0 Å². The van der Waals surface area contributed by atoms with Gasteiger partial charge in [0.15, 0.2) is 0 Å². The molecule has 0 saturated carbocycles. The number of carboxylic acids is 2. The van der Waals surface area contributed by atoms with E-state index in [1.165, 1.54) is 0 Å². The summed E-state index contributed by atoms with van der Waals surface area (Å²) < 4.78 is 0. The molecule has 0 fully saturated rings. The van der Waals surface area contributed by atoms with E-state index in [1.807, 2.05) is 0 Å². The largest absolute Gasteiger partial charge is 0.478 e. The zero-order chi connectivity index (χ0) is 6.57. The predicted molar refractivity (Wildman–Crippen MR) is 30.2 cm³/mol. The third-order valence-electron chi connectivity index (χ3n) is 0.368. The van der Waals surface area contributed by atoms with Crippen LogP contribution in [0.15, 0.2) is 12.2 Å². The van der Waals surface area contributed by atoms with Crippen LogP contribution in [0, 0.1) is 0 Å². The van der Waals surface area contributed by atoms with Crippen molar-refractivity contribution in [3.8, 4) is 0 Å². The summed E-state index contributed by atoms with van der Waals surface area (Å²) in [4.78, 5) is 19.1. The van der Waals surface area contributed by atoms with Gasteiger partial charge in [0.2, 0.25) is 0 Å². The van der Waals surface area contributed by atoms with Gasteiger partial charge in [0.05, 0.1) is 0 Å². The SMILES string of the molecule is O=C(O)/C=C/C(=O)O.[Li]. The van der Waals surface area contributed by atoms with E-state index in [4.69, 9.17) is 10.2 Å². The van der Waals surface area contributed by atoms with Crippen LogP contribution in [0.3, 0.4) is 0 Å². The molecule has 0 aliphatic heterocycles. The smallest absolute Gasteiger partial charge is 0.328 e. The fourth-order valence-corrected chi connectivity index (χ4v) is 0.143. The minimum Gasteiger partial charge on any atom is -0.478 e. The van der Waals surface area contributed by atoms with Crippen molar-refractivity contribution >= 4 is 30.8 Å². The van der Waals surface area contributed by atoms with Crippen LogP contribution in [0.5, 0.6) is 0 Å². The molecule has 2 N–H and O–H groups in total. The van der Waals surface area contributed by atoms with Crippen molar-refractivity contribution in [3.63, 3.8) is 0 Å².